The molecule has 0 saturated carbocycles. The number of para-hydroxylation sites is 3. The summed E-state index contributed by atoms with van der Waals surface area (Å²) >= 11 is 0. The fraction of sp³-hybridized carbons (Fsp3) is 0.273. The quantitative estimate of drug-likeness (QED) is 0.688. The Kier molecular flexibility index (Phi) is 5.56. The summed E-state index contributed by atoms with van der Waals surface area (Å²) in [4.78, 5) is 14.7. The van der Waals surface area contributed by atoms with Crippen molar-refractivity contribution in [1.82, 2.24) is 15.1 Å². The normalized spacial score (nSPS) is 13.5. The van der Waals surface area contributed by atoms with Crippen molar-refractivity contribution in [3.63, 3.8) is 0 Å². The number of carbonyl (C=O) groups excluding carboxylic acids is 1. The SMILES string of the molecule is O=C(NCCc1cnn(-c2ccccc2)c1)Nc1ccccc1N1CCCC1. The van der Waals surface area contributed by atoms with E-state index in [1.54, 1.807) is 0 Å². The second-order valence-electron chi connectivity index (χ2n) is 6.97. The lowest BCUT2D eigenvalue weighted by molar-refractivity contribution is 0.252. The second-order valence-corrected chi connectivity index (χ2v) is 6.97. The van der Waals surface area contributed by atoms with Crippen molar-refractivity contribution in [1.29, 1.82) is 0 Å². The summed E-state index contributed by atoms with van der Waals surface area (Å²) in [5, 5.41) is 10.3. The number of urea groups is 1. The summed E-state index contributed by atoms with van der Waals surface area (Å²) in [5.41, 5.74) is 4.07. The fourth-order valence-corrected chi connectivity index (χ4v) is 3.51. The van der Waals surface area contributed by atoms with Crippen LogP contribution < -0.4 is 15.5 Å². The van der Waals surface area contributed by atoms with Gasteiger partial charge in [-0.25, -0.2) is 9.48 Å². The average Bonchev–Trinajstić information content (AvgIpc) is 3.41. The van der Waals surface area contributed by atoms with Crippen LogP contribution in [0.25, 0.3) is 5.69 Å². The van der Waals surface area contributed by atoms with Crippen LogP contribution in [-0.2, 0) is 6.42 Å². The minimum atomic E-state index is -0.179. The highest BCUT2D eigenvalue weighted by Gasteiger charge is 2.16. The number of nitrogens with zero attached hydrogens (tertiary/aromatic N) is 3. The molecule has 1 aliphatic rings. The van der Waals surface area contributed by atoms with Gasteiger partial charge in [0.25, 0.3) is 0 Å². The van der Waals surface area contributed by atoms with Gasteiger partial charge in [0.05, 0.1) is 23.3 Å². The molecule has 3 aromatic rings. The monoisotopic (exact) mass is 375 g/mol. The van der Waals surface area contributed by atoms with Crippen molar-refractivity contribution >= 4 is 17.4 Å². The van der Waals surface area contributed by atoms with Crippen molar-refractivity contribution in [3.05, 3.63) is 72.6 Å². The lowest BCUT2D eigenvalue weighted by atomic mass is 10.2. The summed E-state index contributed by atoms with van der Waals surface area (Å²) in [6, 6.07) is 17.8. The lowest BCUT2D eigenvalue weighted by Gasteiger charge is -2.21. The summed E-state index contributed by atoms with van der Waals surface area (Å²) in [6.07, 6.45) is 6.98. The van der Waals surface area contributed by atoms with Gasteiger partial charge in [0.15, 0.2) is 0 Å². The van der Waals surface area contributed by atoms with Crippen LogP contribution in [-0.4, -0.2) is 35.4 Å². The van der Waals surface area contributed by atoms with Gasteiger partial charge in [-0.1, -0.05) is 30.3 Å². The maximum Gasteiger partial charge on any atom is 0.319 e. The van der Waals surface area contributed by atoms with E-state index >= 15 is 0 Å². The summed E-state index contributed by atoms with van der Waals surface area (Å²) in [7, 11) is 0. The van der Waals surface area contributed by atoms with Gasteiger partial charge in [-0.2, -0.15) is 5.10 Å². The highest BCUT2D eigenvalue weighted by molar-refractivity contribution is 5.93. The van der Waals surface area contributed by atoms with Crippen molar-refractivity contribution in [2.75, 3.05) is 29.9 Å². The Balaban J connectivity index is 1.29. The molecule has 6 nitrogen and oxygen atoms in total. The molecule has 1 aliphatic heterocycles. The largest absolute Gasteiger partial charge is 0.370 e. The average molecular weight is 375 g/mol. The number of benzene rings is 2. The van der Waals surface area contributed by atoms with E-state index in [0.717, 1.165) is 42.1 Å². The van der Waals surface area contributed by atoms with Crippen LogP contribution in [0.15, 0.2) is 67.0 Å². The number of nitrogens with one attached hydrogen (secondary N) is 2. The van der Waals surface area contributed by atoms with Crippen molar-refractivity contribution < 1.29 is 4.79 Å². The van der Waals surface area contributed by atoms with Crippen LogP contribution in [0.2, 0.25) is 0 Å². The summed E-state index contributed by atoms with van der Waals surface area (Å²) < 4.78 is 1.85. The Morgan fingerprint density at radius 2 is 1.75 bits per heavy atom. The smallest absolute Gasteiger partial charge is 0.319 e. The highest BCUT2D eigenvalue weighted by Crippen LogP contribution is 2.28. The maximum atomic E-state index is 12.3. The van der Waals surface area contributed by atoms with E-state index in [2.05, 4.69) is 26.7 Å². The second kappa shape index (κ2) is 8.61. The van der Waals surface area contributed by atoms with Gasteiger partial charge in [0, 0.05) is 25.8 Å². The Hall–Kier alpha value is -3.28. The number of carbonyl (C=O) groups is 1. The van der Waals surface area contributed by atoms with Crippen molar-refractivity contribution in [2.24, 2.45) is 0 Å². The van der Waals surface area contributed by atoms with Gasteiger partial charge in [-0.3, -0.25) is 0 Å². The van der Waals surface area contributed by atoms with Crippen molar-refractivity contribution in [3.8, 4) is 5.69 Å². The third-order valence-corrected chi connectivity index (χ3v) is 4.96. The molecule has 2 aromatic carbocycles. The molecule has 2 heterocycles. The molecule has 0 atom stereocenters. The molecular weight excluding hydrogens is 350 g/mol. The van der Waals surface area contributed by atoms with E-state index in [-0.39, 0.29) is 6.03 Å². The van der Waals surface area contributed by atoms with Crippen LogP contribution in [0.5, 0.6) is 0 Å². The third kappa shape index (κ3) is 4.34. The topological polar surface area (TPSA) is 62.2 Å². The number of rotatable bonds is 6. The molecule has 0 radical (unpaired) electrons. The van der Waals surface area contributed by atoms with Gasteiger partial charge in [0.2, 0.25) is 0 Å². The van der Waals surface area contributed by atoms with Crippen molar-refractivity contribution in [2.45, 2.75) is 19.3 Å². The van der Waals surface area contributed by atoms with Crippen LogP contribution >= 0.6 is 0 Å². The predicted molar refractivity (Wildman–Crippen MR) is 112 cm³/mol. The minimum absolute atomic E-state index is 0.179. The van der Waals surface area contributed by atoms with Gasteiger partial charge in [-0.05, 0) is 49.1 Å². The highest BCUT2D eigenvalue weighted by atomic mass is 16.2. The van der Waals surface area contributed by atoms with E-state index in [1.165, 1.54) is 12.8 Å². The molecule has 2 amide bonds. The van der Waals surface area contributed by atoms with Crippen LogP contribution in [0.1, 0.15) is 18.4 Å². The summed E-state index contributed by atoms with van der Waals surface area (Å²) in [6.45, 7) is 2.65. The molecule has 0 aliphatic carbocycles. The van der Waals surface area contributed by atoms with E-state index < -0.39 is 0 Å². The van der Waals surface area contributed by atoms with Gasteiger partial charge in [-0.15, -0.1) is 0 Å². The minimum Gasteiger partial charge on any atom is -0.370 e. The van der Waals surface area contributed by atoms with E-state index in [0.29, 0.717) is 6.54 Å². The Labute approximate surface area is 165 Å². The van der Waals surface area contributed by atoms with Crippen LogP contribution in [0.4, 0.5) is 16.2 Å². The zero-order valence-corrected chi connectivity index (χ0v) is 15.8. The molecule has 6 heteroatoms. The standard InChI is InChI=1S/C22H25N5O/c28-22(25-20-10-4-5-11-21(20)26-14-6-7-15-26)23-13-12-18-16-24-27(17-18)19-8-2-1-3-9-19/h1-5,8-11,16-17H,6-7,12-15H2,(H2,23,25,28). The first-order valence-corrected chi connectivity index (χ1v) is 9.77. The van der Waals surface area contributed by atoms with Crippen LogP contribution in [0.3, 0.4) is 0 Å². The number of hydrogen-bond acceptors (Lipinski definition) is 3. The molecular formula is C22H25N5O. The molecule has 1 saturated heterocycles. The predicted octanol–water partition coefficient (Wildman–Crippen LogP) is 3.84. The molecule has 0 unspecified atom stereocenters. The number of anilines is 2. The Morgan fingerprint density at radius 1 is 1.00 bits per heavy atom. The fourth-order valence-electron chi connectivity index (χ4n) is 3.51. The molecule has 0 bridgehead atoms. The molecule has 1 fully saturated rings. The molecule has 2 N–H and O–H groups in total. The first-order valence-electron chi connectivity index (χ1n) is 9.77. The maximum absolute atomic E-state index is 12.3. The summed E-state index contributed by atoms with van der Waals surface area (Å²) in [5.74, 6) is 0. The third-order valence-electron chi connectivity index (χ3n) is 4.96. The first-order chi connectivity index (χ1) is 13.8. The van der Waals surface area contributed by atoms with Gasteiger partial charge >= 0.3 is 6.03 Å². The Bertz CT molecular complexity index is 915. The molecule has 0 spiro atoms. The van der Waals surface area contributed by atoms with E-state index in [1.807, 2.05) is 65.6 Å². The number of amides is 2. The molecule has 144 valence electrons. The van der Waals surface area contributed by atoms with Gasteiger partial charge in [0.1, 0.15) is 0 Å². The van der Waals surface area contributed by atoms with Crippen LogP contribution in [0, 0.1) is 0 Å². The van der Waals surface area contributed by atoms with Gasteiger partial charge < -0.3 is 15.5 Å². The van der Waals surface area contributed by atoms with E-state index in [4.69, 9.17) is 0 Å². The van der Waals surface area contributed by atoms with E-state index in [9.17, 15) is 4.79 Å². The number of hydrogen-bond donors (Lipinski definition) is 2. The molecule has 4 rings (SSSR count). The molecule has 1 aromatic heterocycles. The lowest BCUT2D eigenvalue weighted by Crippen LogP contribution is -2.31. The number of aromatic nitrogens is 2. The zero-order valence-electron chi connectivity index (χ0n) is 15.8. The Morgan fingerprint density at radius 3 is 2.57 bits per heavy atom. The first kappa shape index (κ1) is 18.1. The molecule has 28 heavy (non-hydrogen) atoms. The zero-order chi connectivity index (χ0) is 19.2.